The number of ether oxygens (including phenoxy) is 2. The first-order valence-electron chi connectivity index (χ1n) is 12.2. The number of carboxylic acid groups (broad SMARTS) is 1. The number of nitrogens with one attached hydrogen (secondary N) is 1. The molecule has 2 atom stereocenters. The van der Waals surface area contributed by atoms with Crippen LogP contribution in [0.25, 0.3) is 0 Å². The van der Waals surface area contributed by atoms with E-state index in [4.69, 9.17) is 14.5 Å². The third-order valence-electron chi connectivity index (χ3n) is 6.98. The van der Waals surface area contributed by atoms with E-state index in [0.29, 0.717) is 19.8 Å². The van der Waals surface area contributed by atoms with E-state index < -0.39 is 12.0 Å². The van der Waals surface area contributed by atoms with Gasteiger partial charge >= 0.3 is 5.97 Å². The maximum atomic E-state index is 12.2. The molecule has 0 bridgehead atoms. The van der Waals surface area contributed by atoms with Crippen LogP contribution in [-0.2, 0) is 28.8 Å². The maximum absolute atomic E-state index is 12.2. The van der Waals surface area contributed by atoms with Gasteiger partial charge in [-0.15, -0.1) is 0 Å². The van der Waals surface area contributed by atoms with E-state index in [1.165, 1.54) is 12.0 Å². The van der Waals surface area contributed by atoms with Crippen LogP contribution in [-0.4, -0.2) is 59.9 Å². The quantitative estimate of drug-likeness (QED) is 0.564. The fourth-order valence-electron chi connectivity index (χ4n) is 5.28. The second kappa shape index (κ2) is 10.1. The Morgan fingerprint density at radius 2 is 2.21 bits per heavy atom. The summed E-state index contributed by atoms with van der Waals surface area (Å²) in [5, 5.41) is 13.4. The van der Waals surface area contributed by atoms with E-state index in [9.17, 15) is 9.90 Å². The Morgan fingerprint density at radius 1 is 1.27 bits per heavy atom. The normalized spacial score (nSPS) is 20.5. The third-order valence-corrected chi connectivity index (χ3v) is 6.98. The highest BCUT2D eigenvalue weighted by atomic mass is 16.5. The van der Waals surface area contributed by atoms with Crippen molar-refractivity contribution < 1.29 is 19.4 Å². The van der Waals surface area contributed by atoms with Crippen molar-refractivity contribution in [3.63, 3.8) is 0 Å². The summed E-state index contributed by atoms with van der Waals surface area (Å²) in [5.41, 5.74) is 4.37. The number of carbonyl (C=O) groups is 1. The highest BCUT2D eigenvalue weighted by Crippen LogP contribution is 2.35. The van der Waals surface area contributed by atoms with E-state index in [-0.39, 0.29) is 6.10 Å². The summed E-state index contributed by atoms with van der Waals surface area (Å²) >= 11 is 0. The first-order chi connectivity index (χ1) is 16.2. The highest BCUT2D eigenvalue weighted by Gasteiger charge is 2.36. The number of unbranched alkanes of at least 4 members (excludes halogenated alkanes) is 1. The number of rotatable bonds is 9. The van der Waals surface area contributed by atoms with Crippen molar-refractivity contribution in [2.45, 2.75) is 57.1 Å². The van der Waals surface area contributed by atoms with Gasteiger partial charge in [0.15, 0.2) is 0 Å². The van der Waals surface area contributed by atoms with Crippen LogP contribution >= 0.6 is 0 Å². The average molecular weight is 452 g/mol. The fourth-order valence-corrected chi connectivity index (χ4v) is 5.28. The minimum absolute atomic E-state index is 0.0888. The summed E-state index contributed by atoms with van der Waals surface area (Å²) in [7, 11) is 0. The molecule has 1 fully saturated rings. The Morgan fingerprint density at radius 3 is 3.12 bits per heavy atom. The van der Waals surface area contributed by atoms with Crippen LogP contribution in [0.5, 0.6) is 5.75 Å². The fraction of sp³-hybridized carbons (Fsp3) is 0.538. The van der Waals surface area contributed by atoms with Gasteiger partial charge in [0.25, 0.3) is 0 Å². The van der Waals surface area contributed by atoms with Crippen molar-refractivity contribution in [2.75, 3.05) is 38.2 Å². The molecule has 1 aromatic carbocycles. The molecule has 33 heavy (non-hydrogen) atoms. The number of pyridine rings is 1. The van der Waals surface area contributed by atoms with Gasteiger partial charge in [-0.2, -0.15) is 0 Å². The lowest BCUT2D eigenvalue weighted by Gasteiger charge is -2.26. The molecule has 0 radical (unpaired) electrons. The molecule has 2 aromatic rings. The predicted molar refractivity (Wildman–Crippen MR) is 126 cm³/mol. The van der Waals surface area contributed by atoms with E-state index in [0.717, 1.165) is 80.0 Å². The van der Waals surface area contributed by atoms with E-state index in [1.807, 2.05) is 23.1 Å². The van der Waals surface area contributed by atoms with Crippen LogP contribution in [0, 0.1) is 0 Å². The molecule has 176 valence electrons. The second-order valence-corrected chi connectivity index (χ2v) is 9.24. The Hall–Kier alpha value is -2.64. The van der Waals surface area contributed by atoms with Gasteiger partial charge in [-0.3, -0.25) is 9.69 Å². The van der Waals surface area contributed by atoms with Gasteiger partial charge in [0, 0.05) is 43.9 Å². The van der Waals surface area contributed by atoms with E-state index >= 15 is 0 Å². The Kier molecular flexibility index (Phi) is 6.78. The molecule has 7 nitrogen and oxygen atoms in total. The van der Waals surface area contributed by atoms with E-state index in [2.05, 4.69) is 17.4 Å². The SMILES string of the molecule is O=C(O)C(c1cccc2c1CCO2)N1CCC(OCCCCc2ccc3c(n2)NCCC3)C1. The molecule has 7 heteroatoms. The van der Waals surface area contributed by atoms with Gasteiger partial charge in [-0.25, -0.2) is 4.98 Å². The summed E-state index contributed by atoms with van der Waals surface area (Å²) in [6, 6.07) is 9.48. The summed E-state index contributed by atoms with van der Waals surface area (Å²) < 4.78 is 11.8. The molecule has 0 saturated carbocycles. The topological polar surface area (TPSA) is 83.9 Å². The number of aliphatic carboxylic acids is 1. The van der Waals surface area contributed by atoms with Crippen LogP contribution in [0.3, 0.4) is 0 Å². The summed E-state index contributed by atoms with van der Waals surface area (Å²) in [6.45, 7) is 3.73. The molecule has 1 aromatic heterocycles. The number of benzene rings is 1. The average Bonchev–Trinajstić information content (AvgIpc) is 3.49. The first kappa shape index (κ1) is 22.2. The summed E-state index contributed by atoms with van der Waals surface area (Å²) in [5.74, 6) is 1.09. The van der Waals surface area contributed by atoms with Gasteiger partial charge < -0.3 is 19.9 Å². The lowest BCUT2D eigenvalue weighted by Crippen LogP contribution is -2.34. The number of fused-ring (bicyclic) bond motifs is 2. The van der Waals surface area contributed by atoms with Gasteiger partial charge in [-0.05, 0) is 61.8 Å². The van der Waals surface area contributed by atoms with Crippen molar-refractivity contribution in [3.8, 4) is 5.75 Å². The number of hydrogen-bond acceptors (Lipinski definition) is 6. The third kappa shape index (κ3) is 4.99. The Balaban J connectivity index is 1.09. The maximum Gasteiger partial charge on any atom is 0.325 e. The molecule has 1 saturated heterocycles. The summed E-state index contributed by atoms with van der Waals surface area (Å²) in [4.78, 5) is 19.0. The molecule has 3 aliphatic rings. The second-order valence-electron chi connectivity index (χ2n) is 9.24. The molecular weight excluding hydrogens is 418 g/mol. The summed E-state index contributed by atoms with van der Waals surface area (Å²) in [6.07, 6.45) is 7.00. The van der Waals surface area contributed by atoms with Crippen LogP contribution in [0.15, 0.2) is 30.3 Å². The molecule has 4 heterocycles. The van der Waals surface area contributed by atoms with Crippen LogP contribution < -0.4 is 10.1 Å². The minimum atomic E-state index is -0.803. The Bertz CT molecular complexity index is 995. The largest absolute Gasteiger partial charge is 0.493 e. The highest BCUT2D eigenvalue weighted by molar-refractivity contribution is 5.77. The van der Waals surface area contributed by atoms with Crippen LogP contribution in [0.1, 0.15) is 54.1 Å². The number of carboxylic acids is 1. The number of likely N-dealkylation sites (tertiary alicyclic amines) is 1. The standard InChI is InChI=1S/C26H33N3O4/c30-26(31)24(22-7-3-8-23-21(22)12-16-33-23)29-14-11-20(17-29)32-15-2-1-6-19-10-9-18-5-4-13-27-25(18)28-19/h3,7-10,20,24H,1-2,4-6,11-17H2,(H,27,28)(H,30,31). The van der Waals surface area contributed by atoms with Gasteiger partial charge in [-0.1, -0.05) is 18.2 Å². The number of nitrogens with zero attached hydrogens (tertiary/aromatic N) is 2. The van der Waals surface area contributed by atoms with Crippen LogP contribution in [0.4, 0.5) is 5.82 Å². The van der Waals surface area contributed by atoms with E-state index in [1.54, 1.807) is 0 Å². The number of anilines is 1. The molecule has 0 amide bonds. The lowest BCUT2D eigenvalue weighted by atomic mass is 9.97. The predicted octanol–water partition coefficient (Wildman–Crippen LogP) is 3.61. The molecule has 0 spiro atoms. The molecule has 0 aliphatic carbocycles. The lowest BCUT2D eigenvalue weighted by molar-refractivity contribution is -0.143. The van der Waals surface area contributed by atoms with Crippen molar-refractivity contribution in [2.24, 2.45) is 0 Å². The van der Waals surface area contributed by atoms with Crippen molar-refractivity contribution >= 4 is 11.8 Å². The van der Waals surface area contributed by atoms with Crippen LogP contribution in [0.2, 0.25) is 0 Å². The monoisotopic (exact) mass is 451 g/mol. The zero-order valence-electron chi connectivity index (χ0n) is 19.1. The van der Waals surface area contributed by atoms with Gasteiger partial charge in [0.1, 0.15) is 17.6 Å². The molecule has 2 unspecified atom stereocenters. The zero-order valence-corrected chi connectivity index (χ0v) is 19.1. The Labute approximate surface area is 195 Å². The molecule has 3 aliphatic heterocycles. The van der Waals surface area contributed by atoms with Gasteiger partial charge in [0.05, 0.1) is 12.7 Å². The molecule has 5 rings (SSSR count). The van der Waals surface area contributed by atoms with Crippen molar-refractivity contribution in [1.82, 2.24) is 9.88 Å². The van der Waals surface area contributed by atoms with Crippen molar-refractivity contribution in [3.05, 3.63) is 52.7 Å². The molecular formula is C26H33N3O4. The zero-order chi connectivity index (χ0) is 22.6. The van der Waals surface area contributed by atoms with Gasteiger partial charge in [0.2, 0.25) is 0 Å². The number of aryl methyl sites for hydroxylation is 2. The number of hydrogen-bond donors (Lipinski definition) is 2. The molecule has 2 N–H and O–H groups in total. The number of aromatic nitrogens is 1. The van der Waals surface area contributed by atoms with Crippen molar-refractivity contribution in [1.29, 1.82) is 0 Å². The minimum Gasteiger partial charge on any atom is -0.493 e. The smallest absolute Gasteiger partial charge is 0.325 e. The first-order valence-corrected chi connectivity index (χ1v) is 12.2.